The number of nitrogens with one attached hydrogen (secondary N) is 1. The third-order valence-corrected chi connectivity index (χ3v) is 3.32. The number of nitrogens with zero attached hydrogens (tertiary/aromatic N) is 1. The quantitative estimate of drug-likeness (QED) is 0.764. The highest BCUT2D eigenvalue weighted by Crippen LogP contribution is 2.26. The molecule has 1 heterocycles. The molecule has 3 heteroatoms. The summed E-state index contributed by atoms with van der Waals surface area (Å²) < 4.78 is 5.27. The molecule has 2 aromatic carbocycles. The van der Waals surface area contributed by atoms with Crippen molar-refractivity contribution in [3.63, 3.8) is 0 Å². The minimum Gasteiger partial charge on any atom is -0.381 e. The molecule has 1 N–H and O–H groups in total. The minimum absolute atomic E-state index is 0.817. The number of fused-ring (bicyclic) bond motifs is 1. The van der Waals surface area contributed by atoms with Gasteiger partial charge in [0.15, 0.2) is 5.58 Å². The first-order chi connectivity index (χ1) is 9.24. The molecule has 0 fully saturated rings. The number of benzene rings is 2. The summed E-state index contributed by atoms with van der Waals surface area (Å²) in [6.07, 6.45) is 0. The van der Waals surface area contributed by atoms with Crippen LogP contribution in [0.1, 0.15) is 16.8 Å². The van der Waals surface area contributed by atoms with E-state index in [-0.39, 0.29) is 0 Å². The number of rotatable bonds is 3. The fourth-order valence-electron chi connectivity index (χ4n) is 2.19. The average Bonchev–Trinajstić information content (AvgIpc) is 2.78. The molecule has 0 aliphatic heterocycles. The molecule has 3 rings (SSSR count). The zero-order chi connectivity index (χ0) is 13.2. The molecule has 3 aromatic rings. The van der Waals surface area contributed by atoms with Gasteiger partial charge in [-0.3, -0.25) is 0 Å². The van der Waals surface area contributed by atoms with Crippen LogP contribution in [0.25, 0.3) is 11.0 Å². The fraction of sp³-hybridized carbons (Fsp3) is 0.188. The molecule has 0 amide bonds. The van der Waals surface area contributed by atoms with E-state index in [1.165, 1.54) is 11.1 Å². The van der Waals surface area contributed by atoms with E-state index in [9.17, 15) is 0 Å². The predicted octanol–water partition coefficient (Wildman–Crippen LogP) is 4.06. The van der Waals surface area contributed by atoms with E-state index in [0.717, 1.165) is 28.9 Å². The van der Waals surface area contributed by atoms with Crippen LogP contribution in [-0.4, -0.2) is 5.16 Å². The van der Waals surface area contributed by atoms with Crippen LogP contribution in [0.5, 0.6) is 0 Å². The lowest BCUT2D eigenvalue weighted by Gasteiger charge is -2.09. The smallest absolute Gasteiger partial charge is 0.167 e. The van der Waals surface area contributed by atoms with Crippen LogP contribution in [-0.2, 0) is 6.54 Å². The number of anilines is 1. The van der Waals surface area contributed by atoms with Gasteiger partial charge in [-0.1, -0.05) is 35.5 Å². The Morgan fingerprint density at radius 1 is 1.11 bits per heavy atom. The molecular weight excluding hydrogens is 236 g/mol. The van der Waals surface area contributed by atoms with Crippen molar-refractivity contribution in [3.05, 3.63) is 59.3 Å². The maximum absolute atomic E-state index is 5.27. The second-order valence-corrected chi connectivity index (χ2v) is 4.77. The van der Waals surface area contributed by atoms with Gasteiger partial charge < -0.3 is 9.84 Å². The highest BCUT2D eigenvalue weighted by molar-refractivity contribution is 5.84. The molecule has 0 bridgehead atoms. The van der Waals surface area contributed by atoms with Crippen molar-refractivity contribution in [3.8, 4) is 0 Å². The monoisotopic (exact) mass is 252 g/mol. The summed E-state index contributed by atoms with van der Waals surface area (Å²) in [5.74, 6) is 0. The van der Waals surface area contributed by atoms with Crippen molar-refractivity contribution in [2.24, 2.45) is 0 Å². The van der Waals surface area contributed by atoms with Crippen molar-refractivity contribution in [2.45, 2.75) is 20.4 Å². The molecular formula is C16H16N2O. The van der Waals surface area contributed by atoms with Crippen LogP contribution < -0.4 is 5.32 Å². The van der Waals surface area contributed by atoms with E-state index in [1.54, 1.807) is 0 Å². The Balaban J connectivity index is 1.88. The Labute approximate surface area is 112 Å². The summed E-state index contributed by atoms with van der Waals surface area (Å²) in [7, 11) is 0. The van der Waals surface area contributed by atoms with Gasteiger partial charge in [0.25, 0.3) is 0 Å². The van der Waals surface area contributed by atoms with Crippen LogP contribution in [0, 0.1) is 13.8 Å². The molecule has 0 radical (unpaired) electrons. The largest absolute Gasteiger partial charge is 0.381 e. The molecule has 0 saturated heterocycles. The third kappa shape index (κ3) is 2.32. The minimum atomic E-state index is 0.817. The normalized spacial score (nSPS) is 10.8. The molecule has 96 valence electrons. The van der Waals surface area contributed by atoms with Crippen molar-refractivity contribution < 1.29 is 4.52 Å². The highest BCUT2D eigenvalue weighted by Gasteiger charge is 2.07. The first kappa shape index (κ1) is 11.8. The Kier molecular flexibility index (Phi) is 2.95. The van der Waals surface area contributed by atoms with E-state index in [1.807, 2.05) is 19.1 Å². The molecule has 0 atom stereocenters. The van der Waals surface area contributed by atoms with Gasteiger partial charge in [-0.2, -0.15) is 0 Å². The van der Waals surface area contributed by atoms with Gasteiger partial charge in [0, 0.05) is 17.6 Å². The topological polar surface area (TPSA) is 38.1 Å². The second-order valence-electron chi connectivity index (χ2n) is 4.77. The van der Waals surface area contributed by atoms with Gasteiger partial charge in [0.05, 0.1) is 5.69 Å². The van der Waals surface area contributed by atoms with Gasteiger partial charge in [-0.15, -0.1) is 0 Å². The Morgan fingerprint density at radius 3 is 2.68 bits per heavy atom. The molecule has 0 aliphatic carbocycles. The molecule has 19 heavy (non-hydrogen) atoms. The van der Waals surface area contributed by atoms with Crippen LogP contribution in [0.4, 0.5) is 5.69 Å². The van der Waals surface area contributed by atoms with E-state index in [4.69, 9.17) is 4.52 Å². The molecule has 0 aliphatic rings. The average molecular weight is 252 g/mol. The molecule has 0 unspecified atom stereocenters. The zero-order valence-electron chi connectivity index (χ0n) is 11.1. The lowest BCUT2D eigenvalue weighted by molar-refractivity contribution is 0.450. The Morgan fingerprint density at radius 2 is 1.89 bits per heavy atom. The molecule has 1 aromatic heterocycles. The van der Waals surface area contributed by atoms with E-state index >= 15 is 0 Å². The van der Waals surface area contributed by atoms with E-state index < -0.39 is 0 Å². The first-order valence-electron chi connectivity index (χ1n) is 6.38. The summed E-state index contributed by atoms with van der Waals surface area (Å²) in [5.41, 5.74) is 5.34. The molecule has 0 saturated carbocycles. The number of hydrogen-bond donors (Lipinski definition) is 1. The van der Waals surface area contributed by atoms with Gasteiger partial charge in [-0.05, 0) is 37.1 Å². The standard InChI is InChI=1S/C16H16N2O/c1-11-8-16-14(12(2)18-19-16)9-15(11)17-10-13-6-4-3-5-7-13/h3-9,17H,10H2,1-2H3. The summed E-state index contributed by atoms with van der Waals surface area (Å²) in [6.45, 7) is 4.85. The second kappa shape index (κ2) is 4.76. The fourth-order valence-corrected chi connectivity index (χ4v) is 2.19. The van der Waals surface area contributed by atoms with Crippen LogP contribution in [0.2, 0.25) is 0 Å². The van der Waals surface area contributed by atoms with Crippen LogP contribution in [0.3, 0.4) is 0 Å². The summed E-state index contributed by atoms with van der Waals surface area (Å²) in [5, 5.41) is 8.53. The maximum Gasteiger partial charge on any atom is 0.167 e. The van der Waals surface area contributed by atoms with Gasteiger partial charge in [0.1, 0.15) is 0 Å². The highest BCUT2D eigenvalue weighted by atomic mass is 16.5. The lowest BCUT2D eigenvalue weighted by atomic mass is 10.1. The summed E-state index contributed by atoms with van der Waals surface area (Å²) >= 11 is 0. The van der Waals surface area contributed by atoms with Crippen LogP contribution >= 0.6 is 0 Å². The zero-order valence-corrected chi connectivity index (χ0v) is 11.1. The van der Waals surface area contributed by atoms with Crippen molar-refractivity contribution in [2.75, 3.05) is 5.32 Å². The lowest BCUT2D eigenvalue weighted by Crippen LogP contribution is -2.00. The van der Waals surface area contributed by atoms with E-state index in [0.29, 0.717) is 0 Å². The Bertz CT molecular complexity index is 701. The van der Waals surface area contributed by atoms with Crippen molar-refractivity contribution >= 4 is 16.7 Å². The number of aryl methyl sites for hydroxylation is 2. The summed E-state index contributed by atoms with van der Waals surface area (Å²) in [4.78, 5) is 0. The number of aromatic nitrogens is 1. The van der Waals surface area contributed by atoms with Gasteiger partial charge in [-0.25, -0.2) is 0 Å². The van der Waals surface area contributed by atoms with Gasteiger partial charge >= 0.3 is 0 Å². The van der Waals surface area contributed by atoms with E-state index in [2.05, 4.69) is 47.7 Å². The summed E-state index contributed by atoms with van der Waals surface area (Å²) in [6, 6.07) is 14.5. The Hall–Kier alpha value is -2.29. The van der Waals surface area contributed by atoms with Crippen molar-refractivity contribution in [1.82, 2.24) is 5.16 Å². The third-order valence-electron chi connectivity index (χ3n) is 3.32. The van der Waals surface area contributed by atoms with Gasteiger partial charge in [0.2, 0.25) is 0 Å². The molecule has 3 nitrogen and oxygen atoms in total. The SMILES string of the molecule is Cc1cc2onc(C)c2cc1NCc1ccccc1. The molecule has 0 spiro atoms. The van der Waals surface area contributed by atoms with Crippen molar-refractivity contribution in [1.29, 1.82) is 0 Å². The van der Waals surface area contributed by atoms with Crippen LogP contribution in [0.15, 0.2) is 47.0 Å². The number of hydrogen-bond acceptors (Lipinski definition) is 3. The first-order valence-corrected chi connectivity index (χ1v) is 6.38. The maximum atomic E-state index is 5.27. The predicted molar refractivity (Wildman–Crippen MR) is 77.3 cm³/mol.